The van der Waals surface area contributed by atoms with Gasteiger partial charge in [0.2, 0.25) is 5.91 Å². The highest BCUT2D eigenvalue weighted by atomic mass is 16.2. The van der Waals surface area contributed by atoms with Gasteiger partial charge >= 0.3 is 0 Å². The Morgan fingerprint density at radius 2 is 1.50 bits per heavy atom. The highest BCUT2D eigenvalue weighted by molar-refractivity contribution is 5.77. The zero-order chi connectivity index (χ0) is 15.2. The lowest BCUT2D eigenvalue weighted by Crippen LogP contribution is -2.28. The van der Waals surface area contributed by atoms with E-state index >= 15 is 0 Å². The lowest BCUT2D eigenvalue weighted by molar-refractivity contribution is -0.129. The average Bonchev–Trinajstić information content (AvgIpc) is 2.42. The Labute approximate surface area is 126 Å². The Hall–Kier alpha value is -0.790. The van der Waals surface area contributed by atoms with Crippen LogP contribution in [-0.4, -0.2) is 17.4 Å². The van der Waals surface area contributed by atoms with Gasteiger partial charge < -0.3 is 4.90 Å². The highest BCUT2D eigenvalue weighted by Gasteiger charge is 2.10. The van der Waals surface area contributed by atoms with E-state index in [2.05, 4.69) is 27.4 Å². The molecule has 118 valence electrons. The monoisotopic (exact) mass is 281 g/mol. The molecule has 0 aromatic rings. The van der Waals surface area contributed by atoms with Gasteiger partial charge in [0.1, 0.15) is 0 Å². The fourth-order valence-corrected chi connectivity index (χ4v) is 2.40. The molecule has 0 saturated heterocycles. The van der Waals surface area contributed by atoms with E-state index in [-0.39, 0.29) is 5.91 Å². The number of hydrogen-bond donors (Lipinski definition) is 0. The van der Waals surface area contributed by atoms with Gasteiger partial charge in [-0.15, -0.1) is 0 Å². The predicted molar refractivity (Wildman–Crippen MR) is 88.6 cm³/mol. The first kappa shape index (κ1) is 19.2. The topological polar surface area (TPSA) is 20.3 Å². The van der Waals surface area contributed by atoms with Gasteiger partial charge in [-0.3, -0.25) is 4.79 Å². The van der Waals surface area contributed by atoms with E-state index in [1.165, 1.54) is 51.4 Å². The zero-order valence-electron chi connectivity index (χ0n) is 14.0. The van der Waals surface area contributed by atoms with Crippen LogP contribution in [0.5, 0.6) is 0 Å². The van der Waals surface area contributed by atoms with Crippen molar-refractivity contribution >= 4 is 5.91 Å². The number of unbranched alkanes of at least 4 members (excludes halogenated alkanes) is 8. The molecule has 20 heavy (non-hydrogen) atoms. The van der Waals surface area contributed by atoms with Crippen LogP contribution in [0.1, 0.15) is 85.0 Å². The van der Waals surface area contributed by atoms with Crippen molar-refractivity contribution in [2.45, 2.75) is 85.0 Å². The molecule has 0 bridgehead atoms. The number of nitrogens with zero attached hydrogens (tertiary/aromatic N) is 1. The summed E-state index contributed by atoms with van der Waals surface area (Å²) in [4.78, 5) is 13.7. The molecule has 0 aromatic heterocycles. The van der Waals surface area contributed by atoms with Crippen molar-refractivity contribution in [1.29, 1.82) is 0 Å². The van der Waals surface area contributed by atoms with Gasteiger partial charge in [-0.1, -0.05) is 78.7 Å². The maximum Gasteiger partial charge on any atom is 0.226 e. The van der Waals surface area contributed by atoms with Crippen LogP contribution in [0.25, 0.3) is 0 Å². The van der Waals surface area contributed by atoms with Crippen LogP contribution in [0.3, 0.4) is 0 Å². The summed E-state index contributed by atoms with van der Waals surface area (Å²) in [6.07, 6.45) is 14.0. The summed E-state index contributed by atoms with van der Waals surface area (Å²) < 4.78 is 0. The van der Waals surface area contributed by atoms with Gasteiger partial charge in [-0.05, 0) is 18.5 Å². The lowest BCUT2D eigenvalue weighted by Gasteiger charge is -2.20. The van der Waals surface area contributed by atoms with Crippen molar-refractivity contribution in [2.75, 3.05) is 6.54 Å². The fraction of sp³-hybridized carbons (Fsp3) is 0.833. The molecular weight excluding hydrogens is 246 g/mol. The van der Waals surface area contributed by atoms with Crippen molar-refractivity contribution < 1.29 is 4.79 Å². The molecule has 0 heterocycles. The number of hydrogen-bond acceptors (Lipinski definition) is 1. The first-order chi connectivity index (χ1) is 9.61. The molecule has 0 aliphatic rings. The molecule has 0 radical (unpaired) electrons. The number of rotatable bonds is 13. The van der Waals surface area contributed by atoms with Crippen molar-refractivity contribution in [1.82, 2.24) is 4.90 Å². The average molecular weight is 281 g/mol. The van der Waals surface area contributed by atoms with Crippen LogP contribution in [0.15, 0.2) is 12.8 Å². The molecule has 0 unspecified atom stereocenters. The number of carbonyl (C=O) groups excluding carboxylic acids is 1. The maximum absolute atomic E-state index is 12.0. The number of amides is 1. The van der Waals surface area contributed by atoms with Crippen LogP contribution in [0, 0.1) is 5.92 Å². The van der Waals surface area contributed by atoms with Gasteiger partial charge in [0.05, 0.1) is 0 Å². The van der Waals surface area contributed by atoms with Crippen LogP contribution in [-0.2, 0) is 4.79 Å². The minimum Gasteiger partial charge on any atom is -0.319 e. The Bertz CT molecular complexity index is 248. The first-order valence-electron chi connectivity index (χ1n) is 8.53. The summed E-state index contributed by atoms with van der Waals surface area (Å²) in [7, 11) is 0. The molecule has 2 nitrogen and oxygen atoms in total. The van der Waals surface area contributed by atoms with E-state index in [1.54, 1.807) is 11.1 Å². The third kappa shape index (κ3) is 11.1. The second-order valence-electron chi connectivity index (χ2n) is 6.20. The standard InChI is InChI=1S/C18H35NO/c1-5-7-8-9-10-11-12-13-14-15-18(20)19(6-2)16-17(3)4/h6,17H,2,5,7-16H2,1,3-4H3. The Morgan fingerprint density at radius 3 is 1.95 bits per heavy atom. The van der Waals surface area contributed by atoms with Crippen LogP contribution >= 0.6 is 0 Å². The molecule has 0 atom stereocenters. The second-order valence-corrected chi connectivity index (χ2v) is 6.20. The Morgan fingerprint density at radius 1 is 1.00 bits per heavy atom. The molecule has 0 saturated carbocycles. The summed E-state index contributed by atoms with van der Waals surface area (Å²) >= 11 is 0. The largest absolute Gasteiger partial charge is 0.319 e. The smallest absolute Gasteiger partial charge is 0.226 e. The van der Waals surface area contributed by atoms with Gasteiger partial charge in [-0.2, -0.15) is 0 Å². The molecule has 0 aliphatic heterocycles. The van der Waals surface area contributed by atoms with Crippen molar-refractivity contribution in [3.8, 4) is 0 Å². The molecule has 0 spiro atoms. The fourth-order valence-electron chi connectivity index (χ4n) is 2.40. The van der Waals surface area contributed by atoms with Crippen molar-refractivity contribution in [2.24, 2.45) is 5.92 Å². The van der Waals surface area contributed by atoms with E-state index in [0.29, 0.717) is 12.3 Å². The summed E-state index contributed by atoms with van der Waals surface area (Å²) in [5.41, 5.74) is 0. The van der Waals surface area contributed by atoms with Crippen LogP contribution in [0.4, 0.5) is 0 Å². The van der Waals surface area contributed by atoms with Gasteiger partial charge in [0, 0.05) is 13.0 Å². The van der Waals surface area contributed by atoms with E-state index in [4.69, 9.17) is 0 Å². The predicted octanol–water partition coefficient (Wildman–Crippen LogP) is 5.54. The van der Waals surface area contributed by atoms with E-state index in [1.807, 2.05) is 0 Å². The maximum atomic E-state index is 12.0. The number of carbonyl (C=O) groups is 1. The summed E-state index contributed by atoms with van der Waals surface area (Å²) in [5.74, 6) is 0.733. The SMILES string of the molecule is C=CN(CC(C)C)C(=O)CCCCCCCCCCC. The molecule has 0 rings (SSSR count). The molecule has 1 amide bonds. The lowest BCUT2D eigenvalue weighted by atomic mass is 10.1. The Kier molecular flexibility index (Phi) is 12.7. The van der Waals surface area contributed by atoms with Crippen molar-refractivity contribution in [3.05, 3.63) is 12.8 Å². The molecule has 0 aromatic carbocycles. The quantitative estimate of drug-likeness (QED) is 0.406. The third-order valence-electron chi connectivity index (χ3n) is 3.60. The summed E-state index contributed by atoms with van der Waals surface area (Å²) in [6.45, 7) is 11.0. The minimum atomic E-state index is 0.233. The Balaban J connectivity index is 3.49. The molecule has 0 fully saturated rings. The molecule has 0 aliphatic carbocycles. The molecular formula is C18H35NO. The normalized spacial score (nSPS) is 10.8. The zero-order valence-corrected chi connectivity index (χ0v) is 14.0. The van der Waals surface area contributed by atoms with Crippen molar-refractivity contribution in [3.63, 3.8) is 0 Å². The van der Waals surface area contributed by atoms with E-state index in [9.17, 15) is 4.79 Å². The van der Waals surface area contributed by atoms with E-state index in [0.717, 1.165) is 13.0 Å². The molecule has 0 N–H and O–H groups in total. The van der Waals surface area contributed by atoms with Gasteiger partial charge in [0.25, 0.3) is 0 Å². The molecule has 2 heteroatoms. The van der Waals surface area contributed by atoms with Gasteiger partial charge in [-0.25, -0.2) is 0 Å². The van der Waals surface area contributed by atoms with Gasteiger partial charge in [0.15, 0.2) is 0 Å². The highest BCUT2D eigenvalue weighted by Crippen LogP contribution is 2.11. The summed E-state index contributed by atoms with van der Waals surface area (Å²) in [5, 5.41) is 0. The van der Waals surface area contributed by atoms with Crippen LogP contribution in [0.2, 0.25) is 0 Å². The van der Waals surface area contributed by atoms with E-state index < -0.39 is 0 Å². The first-order valence-corrected chi connectivity index (χ1v) is 8.53. The second kappa shape index (κ2) is 13.2. The summed E-state index contributed by atoms with van der Waals surface area (Å²) in [6, 6.07) is 0. The minimum absolute atomic E-state index is 0.233. The van der Waals surface area contributed by atoms with Crippen LogP contribution < -0.4 is 0 Å². The third-order valence-corrected chi connectivity index (χ3v) is 3.60.